The van der Waals surface area contributed by atoms with Crippen LogP contribution in [0.3, 0.4) is 0 Å². The predicted molar refractivity (Wildman–Crippen MR) is 108 cm³/mol. The van der Waals surface area contributed by atoms with Gasteiger partial charge in [-0.2, -0.15) is 5.26 Å². The molecule has 0 saturated heterocycles. The Bertz CT molecular complexity index is 1030. The highest BCUT2D eigenvalue weighted by atomic mass is 15.1. The summed E-state index contributed by atoms with van der Waals surface area (Å²) in [5.41, 5.74) is 6.06. The van der Waals surface area contributed by atoms with Crippen LogP contribution in [0.5, 0.6) is 0 Å². The van der Waals surface area contributed by atoms with E-state index < -0.39 is 0 Å². The Balaban J connectivity index is 1.74. The molecule has 0 radical (unpaired) electrons. The number of allylic oxidation sites excluding steroid dienone is 2. The minimum atomic E-state index is 0.700. The lowest BCUT2D eigenvalue weighted by molar-refractivity contribution is 0.413. The number of hydrogen-bond acceptors (Lipinski definition) is 3. The van der Waals surface area contributed by atoms with Crippen molar-refractivity contribution >= 4 is 11.1 Å². The number of hydrogen-bond donors (Lipinski definition) is 0. The Morgan fingerprint density at radius 2 is 1.70 bits per heavy atom. The van der Waals surface area contributed by atoms with Crippen molar-refractivity contribution in [3.63, 3.8) is 0 Å². The predicted octanol–water partition coefficient (Wildman–Crippen LogP) is 4.89. The zero-order valence-electron chi connectivity index (χ0n) is 14.9. The summed E-state index contributed by atoms with van der Waals surface area (Å²) in [6, 6.07) is 26.5. The van der Waals surface area contributed by atoms with Crippen molar-refractivity contribution in [2.75, 3.05) is 6.54 Å². The molecule has 3 heteroatoms. The quantitative estimate of drug-likeness (QED) is 0.673. The molecular formula is C24H19N3. The summed E-state index contributed by atoms with van der Waals surface area (Å²) in [5.74, 6) is 0. The molecule has 0 atom stereocenters. The lowest BCUT2D eigenvalue weighted by Crippen LogP contribution is -2.23. The zero-order chi connectivity index (χ0) is 18.5. The zero-order valence-corrected chi connectivity index (χ0v) is 14.9. The van der Waals surface area contributed by atoms with E-state index in [0.717, 1.165) is 35.5 Å². The molecule has 0 spiro atoms. The summed E-state index contributed by atoms with van der Waals surface area (Å²) >= 11 is 0. The van der Waals surface area contributed by atoms with Crippen LogP contribution in [0.1, 0.15) is 22.4 Å². The van der Waals surface area contributed by atoms with Gasteiger partial charge in [-0.05, 0) is 41.0 Å². The number of nitriles is 1. The van der Waals surface area contributed by atoms with Gasteiger partial charge < -0.3 is 4.90 Å². The van der Waals surface area contributed by atoms with Gasteiger partial charge in [0.25, 0.3) is 0 Å². The minimum absolute atomic E-state index is 0.700. The topological polar surface area (TPSA) is 39.9 Å². The molecule has 0 N–H and O–H groups in total. The van der Waals surface area contributed by atoms with Gasteiger partial charge in [-0.3, -0.25) is 4.98 Å². The first-order chi connectivity index (χ1) is 13.3. The molecule has 1 aromatic heterocycles. The molecule has 2 aromatic carbocycles. The highest BCUT2D eigenvalue weighted by Crippen LogP contribution is 2.29. The summed E-state index contributed by atoms with van der Waals surface area (Å²) in [7, 11) is 0. The first kappa shape index (κ1) is 16.8. The molecule has 4 rings (SSSR count). The summed E-state index contributed by atoms with van der Waals surface area (Å²) in [4.78, 5) is 6.79. The summed E-state index contributed by atoms with van der Waals surface area (Å²) < 4.78 is 0. The van der Waals surface area contributed by atoms with E-state index in [9.17, 15) is 5.26 Å². The van der Waals surface area contributed by atoms with Crippen molar-refractivity contribution in [2.24, 2.45) is 0 Å². The molecule has 0 bridgehead atoms. The number of pyridine rings is 1. The number of nitrogens with zero attached hydrogens (tertiary/aromatic N) is 3. The van der Waals surface area contributed by atoms with E-state index in [-0.39, 0.29) is 0 Å². The Hall–Kier alpha value is -3.64. The lowest BCUT2D eigenvalue weighted by Gasteiger charge is -2.28. The van der Waals surface area contributed by atoms with Crippen molar-refractivity contribution < 1.29 is 0 Å². The third-order valence-electron chi connectivity index (χ3n) is 4.61. The minimum Gasteiger partial charge on any atom is -0.368 e. The van der Waals surface area contributed by atoms with Crippen LogP contribution in [-0.4, -0.2) is 16.4 Å². The maximum absolute atomic E-state index is 9.52. The Kier molecular flexibility index (Phi) is 4.80. The van der Waals surface area contributed by atoms with Gasteiger partial charge in [0, 0.05) is 31.1 Å². The Morgan fingerprint density at radius 1 is 0.926 bits per heavy atom. The molecule has 3 nitrogen and oxygen atoms in total. The molecule has 0 unspecified atom stereocenters. The van der Waals surface area contributed by atoms with E-state index >= 15 is 0 Å². The number of benzene rings is 2. The smallest absolute Gasteiger partial charge is 0.0998 e. The summed E-state index contributed by atoms with van der Waals surface area (Å²) in [6.07, 6.45) is 6.12. The largest absolute Gasteiger partial charge is 0.368 e. The second-order valence-corrected chi connectivity index (χ2v) is 6.52. The fourth-order valence-electron chi connectivity index (χ4n) is 3.35. The summed E-state index contributed by atoms with van der Waals surface area (Å²) in [5, 5.41) is 9.52. The van der Waals surface area contributed by atoms with Gasteiger partial charge in [-0.15, -0.1) is 0 Å². The van der Waals surface area contributed by atoms with Crippen LogP contribution in [0.15, 0.2) is 91.3 Å². The van der Waals surface area contributed by atoms with E-state index in [2.05, 4.69) is 52.5 Å². The van der Waals surface area contributed by atoms with E-state index in [4.69, 9.17) is 0 Å². The van der Waals surface area contributed by atoms with Crippen LogP contribution in [-0.2, 0) is 6.54 Å². The standard InChI is InChI=1S/C24H19N3/c25-15-20-10-4-5-11-23(20)21-14-22(24-12-6-7-13-26-24)18-27(17-21)16-19-8-2-1-3-9-19/h1-14,18H,16-17H2. The normalized spacial score (nSPS) is 13.5. The van der Waals surface area contributed by atoms with Crippen molar-refractivity contribution in [1.29, 1.82) is 5.26 Å². The van der Waals surface area contributed by atoms with E-state index in [1.165, 1.54) is 5.56 Å². The first-order valence-electron chi connectivity index (χ1n) is 8.95. The maximum atomic E-state index is 9.52. The van der Waals surface area contributed by atoms with Gasteiger partial charge in [0.15, 0.2) is 0 Å². The molecule has 1 aliphatic rings. The van der Waals surface area contributed by atoms with Crippen LogP contribution in [0.4, 0.5) is 0 Å². The second-order valence-electron chi connectivity index (χ2n) is 6.52. The molecule has 27 heavy (non-hydrogen) atoms. The van der Waals surface area contributed by atoms with Crippen molar-refractivity contribution in [2.45, 2.75) is 6.54 Å². The van der Waals surface area contributed by atoms with Crippen molar-refractivity contribution in [1.82, 2.24) is 9.88 Å². The third-order valence-corrected chi connectivity index (χ3v) is 4.61. The number of aromatic nitrogens is 1. The van der Waals surface area contributed by atoms with Crippen molar-refractivity contribution in [3.05, 3.63) is 114 Å². The van der Waals surface area contributed by atoms with E-state index in [0.29, 0.717) is 5.56 Å². The fourth-order valence-corrected chi connectivity index (χ4v) is 3.35. The monoisotopic (exact) mass is 349 g/mol. The van der Waals surface area contributed by atoms with Crippen molar-refractivity contribution in [3.8, 4) is 6.07 Å². The van der Waals surface area contributed by atoms with Crippen LogP contribution in [0.25, 0.3) is 11.1 Å². The molecular weight excluding hydrogens is 330 g/mol. The Morgan fingerprint density at radius 3 is 2.48 bits per heavy atom. The maximum Gasteiger partial charge on any atom is 0.0998 e. The second kappa shape index (κ2) is 7.72. The van der Waals surface area contributed by atoms with Gasteiger partial charge in [0.1, 0.15) is 0 Å². The molecule has 2 heterocycles. The molecule has 0 amide bonds. The van der Waals surface area contributed by atoms with Gasteiger partial charge >= 0.3 is 0 Å². The molecule has 1 aliphatic heterocycles. The molecule has 0 fully saturated rings. The Labute approximate surface area is 159 Å². The fraction of sp³-hybridized carbons (Fsp3) is 0.0833. The summed E-state index contributed by atoms with van der Waals surface area (Å²) in [6.45, 7) is 1.56. The van der Waals surface area contributed by atoms with E-state index in [1.54, 1.807) is 0 Å². The highest BCUT2D eigenvalue weighted by molar-refractivity contribution is 5.86. The first-order valence-corrected chi connectivity index (χ1v) is 8.95. The van der Waals surface area contributed by atoms with Crippen LogP contribution in [0.2, 0.25) is 0 Å². The lowest BCUT2D eigenvalue weighted by atomic mass is 9.95. The third kappa shape index (κ3) is 3.80. The van der Waals surface area contributed by atoms with Crippen LogP contribution in [0, 0.1) is 11.3 Å². The van der Waals surface area contributed by atoms with E-state index in [1.807, 2.05) is 54.7 Å². The molecule has 130 valence electrons. The average Bonchev–Trinajstić information content (AvgIpc) is 2.75. The molecule has 3 aromatic rings. The SMILES string of the molecule is N#Cc1ccccc1C1=CC(c2ccccn2)=CN(Cc2ccccc2)C1. The number of rotatable bonds is 4. The highest BCUT2D eigenvalue weighted by Gasteiger charge is 2.17. The molecule has 0 aliphatic carbocycles. The van der Waals surface area contributed by atoms with Crippen LogP contribution < -0.4 is 0 Å². The van der Waals surface area contributed by atoms with Gasteiger partial charge in [0.05, 0.1) is 17.3 Å². The van der Waals surface area contributed by atoms with Gasteiger partial charge in [-0.1, -0.05) is 54.6 Å². The molecule has 0 saturated carbocycles. The van der Waals surface area contributed by atoms with Gasteiger partial charge in [0.2, 0.25) is 0 Å². The van der Waals surface area contributed by atoms with Crippen LogP contribution >= 0.6 is 0 Å². The average molecular weight is 349 g/mol. The van der Waals surface area contributed by atoms with Gasteiger partial charge in [-0.25, -0.2) is 0 Å².